The van der Waals surface area contributed by atoms with E-state index < -0.39 is 5.91 Å². The van der Waals surface area contributed by atoms with Gasteiger partial charge in [-0.15, -0.1) is 0 Å². The van der Waals surface area contributed by atoms with Crippen molar-refractivity contribution in [3.8, 4) is 11.5 Å². The molecule has 2 N–H and O–H groups in total. The van der Waals surface area contributed by atoms with E-state index >= 15 is 0 Å². The van der Waals surface area contributed by atoms with Gasteiger partial charge in [-0.25, -0.2) is 0 Å². The van der Waals surface area contributed by atoms with Crippen LogP contribution in [0, 0.1) is 0 Å². The number of hydrogen-bond donors (Lipinski definition) is 1. The van der Waals surface area contributed by atoms with Gasteiger partial charge in [0.15, 0.2) is 18.1 Å². The summed E-state index contributed by atoms with van der Waals surface area (Å²) < 4.78 is 10.6. The van der Waals surface area contributed by atoms with Gasteiger partial charge in [-0.1, -0.05) is 36.4 Å². The van der Waals surface area contributed by atoms with Crippen molar-refractivity contribution in [2.75, 3.05) is 20.3 Å². The maximum absolute atomic E-state index is 12.7. The van der Waals surface area contributed by atoms with Crippen LogP contribution < -0.4 is 15.2 Å². The standard InChI is InChI=1S/C22H22N2O5S/c1-28-18-12-16(9-10-17(18)29-14-20(23)25)13-19-21(26)24(22(27)30-19)11-5-8-15-6-3-2-4-7-15/h2-4,6-7,9-10,12-13H,5,8,11,14H2,1H3,(H2,23,25)/b19-13+. The molecule has 0 bridgehead atoms. The summed E-state index contributed by atoms with van der Waals surface area (Å²) in [5.74, 6) is -0.136. The molecule has 1 fully saturated rings. The van der Waals surface area contributed by atoms with Crippen molar-refractivity contribution < 1.29 is 23.9 Å². The van der Waals surface area contributed by atoms with Gasteiger partial charge in [0.25, 0.3) is 17.1 Å². The molecule has 156 valence electrons. The van der Waals surface area contributed by atoms with E-state index in [-0.39, 0.29) is 17.8 Å². The third-order valence-electron chi connectivity index (χ3n) is 4.42. The minimum atomic E-state index is -0.595. The number of carbonyl (C=O) groups excluding carboxylic acids is 3. The molecule has 0 aromatic heterocycles. The number of benzene rings is 2. The number of rotatable bonds is 9. The van der Waals surface area contributed by atoms with E-state index in [1.165, 1.54) is 17.6 Å². The number of carbonyl (C=O) groups is 3. The molecule has 7 nitrogen and oxygen atoms in total. The highest BCUT2D eigenvalue weighted by Gasteiger charge is 2.34. The predicted octanol–water partition coefficient (Wildman–Crippen LogP) is 3.23. The first-order valence-corrected chi connectivity index (χ1v) is 10.2. The normalized spacial score (nSPS) is 15.0. The number of nitrogens with two attached hydrogens (primary N) is 1. The number of hydrogen-bond acceptors (Lipinski definition) is 6. The molecule has 0 saturated carbocycles. The Kier molecular flexibility index (Phi) is 7.13. The Hall–Kier alpha value is -3.26. The zero-order valence-electron chi connectivity index (χ0n) is 16.5. The Bertz CT molecular complexity index is 975. The van der Waals surface area contributed by atoms with Crippen molar-refractivity contribution in [2.24, 2.45) is 5.73 Å². The van der Waals surface area contributed by atoms with Gasteiger partial charge in [0.2, 0.25) is 0 Å². The highest BCUT2D eigenvalue weighted by Crippen LogP contribution is 2.34. The molecular formula is C22H22N2O5S. The molecule has 8 heteroatoms. The molecule has 3 rings (SSSR count). The fourth-order valence-corrected chi connectivity index (χ4v) is 3.84. The second kappa shape index (κ2) is 9.98. The first kappa shape index (κ1) is 21.4. The van der Waals surface area contributed by atoms with Crippen LogP contribution in [0.3, 0.4) is 0 Å². The number of ether oxygens (including phenoxy) is 2. The first-order valence-electron chi connectivity index (χ1n) is 9.36. The van der Waals surface area contributed by atoms with E-state index in [0.29, 0.717) is 34.9 Å². The second-order valence-electron chi connectivity index (χ2n) is 6.59. The van der Waals surface area contributed by atoms with Crippen molar-refractivity contribution in [1.82, 2.24) is 4.90 Å². The third-order valence-corrected chi connectivity index (χ3v) is 5.33. The predicted molar refractivity (Wildman–Crippen MR) is 115 cm³/mol. The Morgan fingerprint density at radius 2 is 1.90 bits per heavy atom. The van der Waals surface area contributed by atoms with Gasteiger partial charge in [-0.3, -0.25) is 19.3 Å². The summed E-state index contributed by atoms with van der Waals surface area (Å²) >= 11 is 0.920. The highest BCUT2D eigenvalue weighted by atomic mass is 32.2. The molecular weight excluding hydrogens is 404 g/mol. The lowest BCUT2D eigenvalue weighted by atomic mass is 10.1. The minimum Gasteiger partial charge on any atom is -0.493 e. The second-order valence-corrected chi connectivity index (χ2v) is 7.58. The lowest BCUT2D eigenvalue weighted by molar-refractivity contribution is -0.123. The van der Waals surface area contributed by atoms with E-state index in [9.17, 15) is 14.4 Å². The molecule has 0 spiro atoms. The first-order chi connectivity index (χ1) is 14.5. The van der Waals surface area contributed by atoms with Crippen molar-refractivity contribution in [2.45, 2.75) is 12.8 Å². The van der Waals surface area contributed by atoms with Crippen LogP contribution in [0.5, 0.6) is 11.5 Å². The Balaban J connectivity index is 1.66. The van der Waals surface area contributed by atoms with Crippen LogP contribution in [0.15, 0.2) is 53.4 Å². The van der Waals surface area contributed by atoms with E-state index in [2.05, 4.69) is 0 Å². The number of methoxy groups -OCH3 is 1. The monoisotopic (exact) mass is 426 g/mol. The Labute approximate surface area is 178 Å². The molecule has 0 aliphatic carbocycles. The van der Waals surface area contributed by atoms with Gasteiger partial charge < -0.3 is 15.2 Å². The number of nitrogens with zero attached hydrogens (tertiary/aromatic N) is 1. The van der Waals surface area contributed by atoms with E-state index in [0.717, 1.165) is 18.2 Å². The smallest absolute Gasteiger partial charge is 0.293 e. The molecule has 3 amide bonds. The SMILES string of the molecule is COc1cc(/C=C2/SC(=O)N(CCCc3ccccc3)C2=O)ccc1OCC(N)=O. The van der Waals surface area contributed by atoms with Crippen molar-refractivity contribution in [3.05, 3.63) is 64.6 Å². The van der Waals surface area contributed by atoms with Crippen molar-refractivity contribution in [3.63, 3.8) is 0 Å². The molecule has 2 aromatic rings. The number of thioether (sulfide) groups is 1. The maximum Gasteiger partial charge on any atom is 0.293 e. The average molecular weight is 426 g/mol. The lowest BCUT2D eigenvalue weighted by Crippen LogP contribution is -2.29. The summed E-state index contributed by atoms with van der Waals surface area (Å²) in [6.07, 6.45) is 3.14. The summed E-state index contributed by atoms with van der Waals surface area (Å²) in [5, 5.41) is -0.271. The lowest BCUT2D eigenvalue weighted by Gasteiger charge is -2.12. The van der Waals surface area contributed by atoms with Crippen LogP contribution in [-0.2, 0) is 16.0 Å². The number of aryl methyl sites for hydroxylation is 1. The molecule has 30 heavy (non-hydrogen) atoms. The maximum atomic E-state index is 12.7. The molecule has 1 aliphatic rings. The summed E-state index contributed by atoms with van der Waals surface area (Å²) in [4.78, 5) is 37.5. The van der Waals surface area contributed by atoms with Crippen molar-refractivity contribution >= 4 is 34.9 Å². The summed E-state index contributed by atoms with van der Waals surface area (Å²) in [6.45, 7) is 0.109. The molecule has 1 saturated heterocycles. The largest absolute Gasteiger partial charge is 0.493 e. The molecule has 0 atom stereocenters. The number of primary amides is 1. The number of amides is 3. The topological polar surface area (TPSA) is 98.9 Å². The summed E-state index contributed by atoms with van der Waals surface area (Å²) in [7, 11) is 1.47. The fraction of sp³-hybridized carbons (Fsp3) is 0.227. The molecule has 2 aromatic carbocycles. The minimum absolute atomic E-state index is 0.266. The van der Waals surface area contributed by atoms with E-state index in [1.807, 2.05) is 30.3 Å². The van der Waals surface area contributed by atoms with Crippen molar-refractivity contribution in [1.29, 1.82) is 0 Å². The highest BCUT2D eigenvalue weighted by molar-refractivity contribution is 8.18. The Morgan fingerprint density at radius 3 is 2.60 bits per heavy atom. The van der Waals surface area contributed by atoms with Crippen LogP contribution in [0.25, 0.3) is 6.08 Å². The summed E-state index contributed by atoms with van der Waals surface area (Å²) in [6, 6.07) is 14.9. The Morgan fingerprint density at radius 1 is 1.13 bits per heavy atom. The van der Waals surface area contributed by atoms with Crippen LogP contribution in [0.4, 0.5) is 4.79 Å². The third kappa shape index (κ3) is 5.42. The van der Waals surface area contributed by atoms with E-state index in [4.69, 9.17) is 15.2 Å². The molecule has 0 unspecified atom stereocenters. The van der Waals surface area contributed by atoms with Crippen LogP contribution in [0.1, 0.15) is 17.5 Å². The molecule has 0 radical (unpaired) electrons. The molecule has 1 heterocycles. The molecule has 1 aliphatic heterocycles. The van der Waals surface area contributed by atoms with Gasteiger partial charge in [0.05, 0.1) is 12.0 Å². The van der Waals surface area contributed by atoms with Gasteiger partial charge in [0.1, 0.15) is 0 Å². The zero-order chi connectivity index (χ0) is 21.5. The van der Waals surface area contributed by atoms with Crippen LogP contribution in [-0.4, -0.2) is 42.2 Å². The fourth-order valence-electron chi connectivity index (χ4n) is 2.97. The average Bonchev–Trinajstić information content (AvgIpc) is 3.00. The van der Waals surface area contributed by atoms with Gasteiger partial charge >= 0.3 is 0 Å². The number of imide groups is 1. The zero-order valence-corrected chi connectivity index (χ0v) is 17.3. The summed E-state index contributed by atoms with van der Waals surface area (Å²) in [5.41, 5.74) is 6.93. The van der Waals surface area contributed by atoms with Gasteiger partial charge in [0, 0.05) is 6.54 Å². The van der Waals surface area contributed by atoms with Gasteiger partial charge in [-0.05, 0) is 53.9 Å². The quantitative estimate of drug-likeness (QED) is 0.618. The van der Waals surface area contributed by atoms with Gasteiger partial charge in [-0.2, -0.15) is 0 Å². The van der Waals surface area contributed by atoms with Crippen LogP contribution >= 0.6 is 11.8 Å². The van der Waals surface area contributed by atoms with Crippen LogP contribution in [0.2, 0.25) is 0 Å². The van der Waals surface area contributed by atoms with E-state index in [1.54, 1.807) is 24.3 Å².